The molecule has 3 N–H and O–H groups in total. The molecule has 0 fully saturated rings. The third-order valence-corrected chi connectivity index (χ3v) is 2.43. The minimum absolute atomic E-state index is 0.150. The van der Waals surface area contributed by atoms with Crippen LogP contribution in [0.15, 0.2) is 0 Å². The lowest BCUT2D eigenvalue weighted by Gasteiger charge is -2.21. The van der Waals surface area contributed by atoms with E-state index in [2.05, 4.69) is 5.32 Å². The van der Waals surface area contributed by atoms with Crippen LogP contribution in [0.5, 0.6) is 0 Å². The number of carboxylic acids is 2. The molecule has 1 unspecified atom stereocenters. The van der Waals surface area contributed by atoms with E-state index >= 15 is 0 Å². The van der Waals surface area contributed by atoms with Crippen molar-refractivity contribution in [2.45, 2.75) is 25.3 Å². The molecule has 0 aliphatic rings. The van der Waals surface area contributed by atoms with Crippen LogP contribution in [0.3, 0.4) is 0 Å². The molecule has 0 heterocycles. The maximum atomic E-state index is 11.7. The molecular weight excluding hydrogens is 256 g/mol. The van der Waals surface area contributed by atoms with Crippen molar-refractivity contribution >= 4 is 18.0 Å². The summed E-state index contributed by atoms with van der Waals surface area (Å²) in [5, 5.41) is 19.7. The number of urea groups is 1. The molecule has 0 radical (unpaired) electrons. The Morgan fingerprint density at radius 2 is 1.95 bits per heavy atom. The van der Waals surface area contributed by atoms with Crippen LogP contribution in [0.4, 0.5) is 4.79 Å². The number of methoxy groups -OCH3 is 1. The zero-order valence-electron chi connectivity index (χ0n) is 11.1. The summed E-state index contributed by atoms with van der Waals surface area (Å²) in [6.45, 7) is 0.921. The van der Waals surface area contributed by atoms with Gasteiger partial charge in [-0.05, 0) is 12.8 Å². The number of ether oxygens (including phenoxy) is 1. The summed E-state index contributed by atoms with van der Waals surface area (Å²) >= 11 is 0. The normalized spacial score (nSPS) is 11.7. The van der Waals surface area contributed by atoms with Gasteiger partial charge < -0.3 is 25.2 Å². The number of nitrogens with zero attached hydrogens (tertiary/aromatic N) is 1. The Hall–Kier alpha value is -1.83. The number of hydrogen-bond donors (Lipinski definition) is 3. The van der Waals surface area contributed by atoms with Gasteiger partial charge in [0.1, 0.15) is 6.04 Å². The van der Waals surface area contributed by atoms with Gasteiger partial charge >= 0.3 is 18.0 Å². The first-order valence-corrected chi connectivity index (χ1v) is 5.83. The fourth-order valence-corrected chi connectivity index (χ4v) is 1.33. The monoisotopic (exact) mass is 276 g/mol. The van der Waals surface area contributed by atoms with Crippen molar-refractivity contribution in [1.29, 1.82) is 0 Å². The largest absolute Gasteiger partial charge is 0.481 e. The highest BCUT2D eigenvalue weighted by Gasteiger charge is 2.22. The maximum Gasteiger partial charge on any atom is 0.326 e. The Bertz CT molecular complexity index is 320. The first-order chi connectivity index (χ1) is 8.88. The summed E-state index contributed by atoms with van der Waals surface area (Å²) < 4.78 is 4.84. The smallest absolute Gasteiger partial charge is 0.326 e. The predicted molar refractivity (Wildman–Crippen MR) is 65.9 cm³/mol. The van der Waals surface area contributed by atoms with E-state index in [1.165, 1.54) is 11.9 Å². The number of carbonyl (C=O) groups is 3. The second kappa shape index (κ2) is 9.15. The molecule has 110 valence electrons. The summed E-state index contributed by atoms with van der Waals surface area (Å²) in [6, 6.07) is -1.75. The molecular formula is C11H20N2O6. The molecule has 0 aromatic rings. The second-order valence-electron chi connectivity index (χ2n) is 4.04. The average molecular weight is 276 g/mol. The molecule has 1 atom stereocenters. The van der Waals surface area contributed by atoms with E-state index in [9.17, 15) is 14.4 Å². The number of rotatable bonds is 9. The van der Waals surface area contributed by atoms with E-state index in [0.29, 0.717) is 19.6 Å². The Kier molecular flexibility index (Phi) is 8.27. The van der Waals surface area contributed by atoms with Gasteiger partial charge in [0, 0.05) is 33.7 Å². The van der Waals surface area contributed by atoms with Crippen LogP contribution in [-0.2, 0) is 14.3 Å². The third kappa shape index (κ3) is 7.98. The highest BCUT2D eigenvalue weighted by molar-refractivity contribution is 5.82. The SMILES string of the molecule is COCCCN(C)C(=O)NC(CCC(=O)O)C(=O)O. The Morgan fingerprint density at radius 1 is 1.32 bits per heavy atom. The highest BCUT2D eigenvalue weighted by atomic mass is 16.5. The Labute approximate surface area is 111 Å². The van der Waals surface area contributed by atoms with Crippen molar-refractivity contribution in [3.05, 3.63) is 0 Å². The highest BCUT2D eigenvalue weighted by Crippen LogP contribution is 2.00. The second-order valence-corrected chi connectivity index (χ2v) is 4.04. The number of aliphatic carboxylic acids is 2. The molecule has 0 aliphatic heterocycles. The molecule has 2 amide bonds. The quantitative estimate of drug-likeness (QED) is 0.510. The van der Waals surface area contributed by atoms with Crippen molar-refractivity contribution < 1.29 is 29.3 Å². The first kappa shape index (κ1) is 17.2. The van der Waals surface area contributed by atoms with E-state index in [4.69, 9.17) is 14.9 Å². The number of hydrogen-bond acceptors (Lipinski definition) is 4. The molecule has 0 aromatic heterocycles. The minimum Gasteiger partial charge on any atom is -0.481 e. The molecule has 0 aromatic carbocycles. The van der Waals surface area contributed by atoms with Gasteiger partial charge in [-0.25, -0.2) is 9.59 Å². The Morgan fingerprint density at radius 3 is 2.42 bits per heavy atom. The molecule has 8 heteroatoms. The van der Waals surface area contributed by atoms with E-state index in [0.717, 1.165) is 0 Å². The zero-order valence-corrected chi connectivity index (χ0v) is 11.1. The van der Waals surface area contributed by atoms with Crippen molar-refractivity contribution in [1.82, 2.24) is 10.2 Å². The summed E-state index contributed by atoms with van der Waals surface area (Å²) in [5.41, 5.74) is 0. The van der Waals surface area contributed by atoms with Gasteiger partial charge in [-0.2, -0.15) is 0 Å². The van der Waals surface area contributed by atoms with E-state index in [1.54, 1.807) is 7.11 Å². The Balaban J connectivity index is 4.22. The van der Waals surface area contributed by atoms with Crippen LogP contribution in [0.2, 0.25) is 0 Å². The van der Waals surface area contributed by atoms with Crippen molar-refractivity contribution in [2.24, 2.45) is 0 Å². The van der Waals surface area contributed by atoms with Crippen molar-refractivity contribution in [3.63, 3.8) is 0 Å². The van der Waals surface area contributed by atoms with Crippen LogP contribution in [0.25, 0.3) is 0 Å². The van der Waals surface area contributed by atoms with Gasteiger partial charge in [-0.3, -0.25) is 4.79 Å². The van der Waals surface area contributed by atoms with Crippen LogP contribution in [0.1, 0.15) is 19.3 Å². The fourth-order valence-electron chi connectivity index (χ4n) is 1.33. The molecule has 8 nitrogen and oxygen atoms in total. The topological polar surface area (TPSA) is 116 Å². The standard InChI is InChI=1S/C11H20N2O6/c1-13(6-3-7-19-2)11(18)12-8(10(16)17)4-5-9(14)15/h8H,3-7H2,1-2H3,(H,12,18)(H,14,15)(H,16,17). The molecule has 19 heavy (non-hydrogen) atoms. The molecule has 0 spiro atoms. The van der Waals surface area contributed by atoms with Crippen molar-refractivity contribution in [2.75, 3.05) is 27.3 Å². The lowest BCUT2D eigenvalue weighted by atomic mass is 10.1. The van der Waals surface area contributed by atoms with Gasteiger partial charge in [0.25, 0.3) is 0 Å². The van der Waals surface area contributed by atoms with E-state index in [1.807, 2.05) is 0 Å². The van der Waals surface area contributed by atoms with Gasteiger partial charge in [0.2, 0.25) is 0 Å². The average Bonchev–Trinajstić information content (AvgIpc) is 2.33. The third-order valence-electron chi connectivity index (χ3n) is 2.43. The lowest BCUT2D eigenvalue weighted by molar-refractivity contribution is -0.140. The minimum atomic E-state index is -1.25. The van der Waals surface area contributed by atoms with Gasteiger partial charge in [0.05, 0.1) is 0 Å². The molecule has 0 saturated heterocycles. The van der Waals surface area contributed by atoms with Crippen LogP contribution in [0, 0.1) is 0 Å². The first-order valence-electron chi connectivity index (χ1n) is 5.83. The van der Waals surface area contributed by atoms with Crippen LogP contribution >= 0.6 is 0 Å². The molecule has 0 aliphatic carbocycles. The summed E-state index contributed by atoms with van der Waals surface area (Å²) in [4.78, 5) is 34.3. The fraction of sp³-hybridized carbons (Fsp3) is 0.727. The maximum absolute atomic E-state index is 11.7. The lowest BCUT2D eigenvalue weighted by Crippen LogP contribution is -2.47. The summed E-state index contributed by atoms with van der Waals surface area (Å²) in [5.74, 6) is -2.35. The summed E-state index contributed by atoms with van der Waals surface area (Å²) in [6.07, 6.45) is 0.167. The van der Waals surface area contributed by atoms with Gasteiger partial charge in [-0.1, -0.05) is 0 Å². The van der Waals surface area contributed by atoms with Crippen LogP contribution < -0.4 is 5.32 Å². The predicted octanol–water partition coefficient (Wildman–Crippen LogP) is -0.0177. The van der Waals surface area contributed by atoms with E-state index < -0.39 is 24.0 Å². The van der Waals surface area contributed by atoms with Crippen LogP contribution in [-0.4, -0.2) is 66.4 Å². The number of nitrogens with one attached hydrogen (secondary N) is 1. The van der Waals surface area contributed by atoms with Crippen molar-refractivity contribution in [3.8, 4) is 0 Å². The number of carbonyl (C=O) groups excluding carboxylic acids is 1. The van der Waals surface area contributed by atoms with Gasteiger partial charge in [0.15, 0.2) is 0 Å². The molecule has 0 saturated carbocycles. The van der Waals surface area contributed by atoms with Gasteiger partial charge in [-0.15, -0.1) is 0 Å². The van der Waals surface area contributed by atoms with E-state index in [-0.39, 0.29) is 12.8 Å². The molecule has 0 rings (SSSR count). The molecule has 0 bridgehead atoms. The number of amides is 2. The summed E-state index contributed by atoms with van der Waals surface area (Å²) in [7, 11) is 3.08. The zero-order chi connectivity index (χ0) is 14.8. The number of carboxylic acid groups (broad SMARTS) is 2.